The zero-order chi connectivity index (χ0) is 24.2. The second kappa shape index (κ2) is 10.2. The van der Waals surface area contributed by atoms with Gasteiger partial charge in [0.05, 0.1) is 12.8 Å². The summed E-state index contributed by atoms with van der Waals surface area (Å²) in [4.78, 5) is 16.2. The molecule has 0 aliphatic rings. The van der Waals surface area contributed by atoms with Crippen molar-refractivity contribution in [1.29, 1.82) is 5.41 Å². The molecule has 0 saturated carbocycles. The van der Waals surface area contributed by atoms with E-state index < -0.39 is 7.14 Å². The Labute approximate surface area is 194 Å². The van der Waals surface area contributed by atoms with Crippen LogP contribution < -0.4 is 11.0 Å². The molecule has 33 heavy (non-hydrogen) atoms. The van der Waals surface area contributed by atoms with Gasteiger partial charge in [-0.15, -0.1) is 0 Å². The van der Waals surface area contributed by atoms with Crippen LogP contribution in [-0.2, 0) is 27.6 Å². The monoisotopic (exact) mass is 466 g/mol. The quantitative estimate of drug-likeness (QED) is 0.213. The molecule has 1 heterocycles. The Hall–Kier alpha value is -3.18. The summed E-state index contributed by atoms with van der Waals surface area (Å²) < 4.78 is 19.8. The van der Waals surface area contributed by atoms with Gasteiger partial charge in [-0.1, -0.05) is 50.2 Å². The first kappa shape index (κ1) is 24.5. The minimum atomic E-state index is -2.49. The first-order valence-electron chi connectivity index (χ1n) is 11.0. The lowest BCUT2D eigenvalue weighted by molar-refractivity contribution is -0.140. The first-order valence-corrected chi connectivity index (χ1v) is 13.1. The number of nitrogens with one attached hydrogen (secondary N) is 1. The van der Waals surface area contributed by atoms with Crippen molar-refractivity contribution in [3.05, 3.63) is 59.8 Å². The van der Waals surface area contributed by atoms with Gasteiger partial charge in [0.1, 0.15) is 18.8 Å². The average Bonchev–Trinajstić information content (AvgIpc) is 3.23. The van der Waals surface area contributed by atoms with Gasteiger partial charge >= 0.3 is 5.97 Å². The minimum Gasteiger partial charge on any atom is -0.469 e. The Morgan fingerprint density at radius 2 is 1.82 bits per heavy atom. The summed E-state index contributed by atoms with van der Waals surface area (Å²) in [5.74, 6) is 0.470. The van der Waals surface area contributed by atoms with E-state index in [2.05, 4.69) is 0 Å². The number of nitrogen functional groups attached to an aromatic ring is 1. The maximum absolute atomic E-state index is 13.2. The summed E-state index contributed by atoms with van der Waals surface area (Å²) in [6, 6.07) is 13.5. The van der Waals surface area contributed by atoms with Crippen LogP contribution in [0.4, 0.5) is 0 Å². The Kier molecular flexibility index (Phi) is 7.54. The number of aryl methyl sites for hydroxylation is 2. The van der Waals surface area contributed by atoms with Crippen LogP contribution in [0.15, 0.2) is 48.7 Å². The van der Waals surface area contributed by atoms with Crippen molar-refractivity contribution in [2.75, 3.05) is 19.4 Å². The van der Waals surface area contributed by atoms with E-state index in [-0.39, 0.29) is 11.8 Å². The van der Waals surface area contributed by atoms with Gasteiger partial charge in [0.25, 0.3) is 0 Å². The molecule has 0 bridgehead atoms. The molecule has 0 radical (unpaired) electrons. The van der Waals surface area contributed by atoms with Crippen LogP contribution in [0.25, 0.3) is 22.6 Å². The molecule has 0 amide bonds. The van der Waals surface area contributed by atoms with Gasteiger partial charge in [0.15, 0.2) is 0 Å². The summed E-state index contributed by atoms with van der Waals surface area (Å²) in [7, 11) is 0.819. The number of ether oxygens (including phenoxy) is 1. The Bertz CT molecular complexity index is 1210. The molecule has 1 aromatic heterocycles. The van der Waals surface area contributed by atoms with Crippen molar-refractivity contribution >= 4 is 24.3 Å². The summed E-state index contributed by atoms with van der Waals surface area (Å²) in [6.45, 7) is 3.86. The fourth-order valence-electron chi connectivity index (χ4n) is 3.85. The maximum atomic E-state index is 13.2. The highest BCUT2D eigenvalue weighted by Gasteiger charge is 2.23. The van der Waals surface area contributed by atoms with Gasteiger partial charge in [-0.2, -0.15) is 0 Å². The molecule has 0 unspecified atom stereocenters. The lowest BCUT2D eigenvalue weighted by atomic mass is 10.0. The third-order valence-corrected chi connectivity index (χ3v) is 9.26. The van der Waals surface area contributed by atoms with Gasteiger partial charge in [-0.05, 0) is 18.1 Å². The summed E-state index contributed by atoms with van der Waals surface area (Å²) >= 11 is 0. The number of hydrogen-bond donors (Lipinski definition) is 2. The molecule has 0 aliphatic carbocycles. The minimum absolute atomic E-state index is 0.0761. The van der Waals surface area contributed by atoms with E-state index in [0.717, 1.165) is 27.8 Å². The number of nitrogens with zero attached hydrogens (tertiary/aromatic N) is 2. The van der Waals surface area contributed by atoms with Gasteiger partial charge in [-0.25, -0.2) is 4.98 Å². The van der Waals surface area contributed by atoms with Crippen molar-refractivity contribution in [1.82, 2.24) is 9.55 Å². The van der Waals surface area contributed by atoms with Crippen LogP contribution in [-0.4, -0.2) is 40.8 Å². The molecule has 3 N–H and O–H groups in total. The van der Waals surface area contributed by atoms with Crippen LogP contribution in [0, 0.1) is 5.41 Å². The highest BCUT2D eigenvalue weighted by Crippen LogP contribution is 2.44. The van der Waals surface area contributed by atoms with Crippen molar-refractivity contribution in [2.45, 2.75) is 26.7 Å². The summed E-state index contributed by atoms with van der Waals surface area (Å²) in [5, 5.41) is 8.84. The summed E-state index contributed by atoms with van der Waals surface area (Å²) in [5.41, 5.74) is 9.86. The Morgan fingerprint density at radius 3 is 2.39 bits per heavy atom. The molecule has 8 heteroatoms. The molecule has 0 spiro atoms. The second-order valence-electron chi connectivity index (χ2n) is 8.00. The predicted octanol–water partition coefficient (Wildman–Crippen LogP) is 4.17. The first-order chi connectivity index (χ1) is 15.7. The standard InChI is InChI=1S/C25H31N4O3P/c1-5-33(31,6-2)19-12-13-20(21(15-19)24(26)27)22-16-29(3)25(28-22)18-10-7-17(8-11-18)9-14-23(30)32-4/h7-8,10-13,15-16H,5-6,9,14H2,1-4H3,(H3,26,27). The van der Waals surface area contributed by atoms with Crippen LogP contribution in [0.3, 0.4) is 0 Å². The van der Waals surface area contributed by atoms with E-state index in [1.54, 1.807) is 6.07 Å². The zero-order valence-corrected chi connectivity index (χ0v) is 20.5. The maximum Gasteiger partial charge on any atom is 0.305 e. The number of carbonyl (C=O) groups excluding carboxylic acids is 1. The SMILES string of the molecule is CCP(=O)(CC)c1ccc(-c2cn(C)c(-c3ccc(CCC(=O)OC)cc3)n2)c(C(=N)N)c1. The molecule has 0 atom stereocenters. The van der Waals surface area contributed by atoms with Crippen molar-refractivity contribution in [2.24, 2.45) is 12.8 Å². The van der Waals surface area contributed by atoms with Crippen LogP contribution in [0.1, 0.15) is 31.4 Å². The third-order valence-electron chi connectivity index (χ3n) is 6.00. The predicted molar refractivity (Wildman–Crippen MR) is 134 cm³/mol. The number of hydrogen-bond acceptors (Lipinski definition) is 5. The van der Waals surface area contributed by atoms with Crippen LogP contribution >= 0.6 is 7.14 Å². The number of benzene rings is 2. The largest absolute Gasteiger partial charge is 0.469 e. The van der Waals surface area contributed by atoms with Crippen molar-refractivity contribution in [3.63, 3.8) is 0 Å². The van der Waals surface area contributed by atoms with Gasteiger partial charge < -0.3 is 19.6 Å². The summed E-state index contributed by atoms with van der Waals surface area (Å²) in [6.07, 6.45) is 4.01. The number of methoxy groups -OCH3 is 1. The normalized spacial score (nSPS) is 11.4. The van der Waals surface area contributed by atoms with Gasteiger partial charge in [0.2, 0.25) is 0 Å². The van der Waals surface area contributed by atoms with E-state index in [9.17, 15) is 9.36 Å². The number of esters is 1. The van der Waals surface area contributed by atoms with Crippen molar-refractivity contribution < 1.29 is 14.1 Å². The van der Waals surface area contributed by atoms with Crippen LogP contribution in [0.2, 0.25) is 0 Å². The second-order valence-corrected chi connectivity index (χ2v) is 11.6. The molecule has 0 saturated heterocycles. The molecule has 3 aromatic rings. The van der Waals surface area contributed by atoms with E-state index in [1.807, 2.05) is 68.1 Å². The zero-order valence-electron chi connectivity index (χ0n) is 19.6. The smallest absolute Gasteiger partial charge is 0.305 e. The lowest BCUT2D eigenvalue weighted by Crippen LogP contribution is -2.17. The fourth-order valence-corrected chi connectivity index (χ4v) is 5.74. The van der Waals surface area contributed by atoms with E-state index in [0.29, 0.717) is 36.4 Å². The topological polar surface area (TPSA) is 111 Å². The number of rotatable bonds is 9. The van der Waals surface area contributed by atoms with E-state index >= 15 is 0 Å². The van der Waals surface area contributed by atoms with E-state index in [1.165, 1.54) is 7.11 Å². The number of nitrogens with two attached hydrogens (primary N) is 1. The molecule has 174 valence electrons. The number of carbonyl (C=O) groups is 1. The molecule has 3 rings (SSSR count). The Balaban J connectivity index is 1.95. The fraction of sp³-hybridized carbons (Fsp3) is 0.320. The van der Waals surface area contributed by atoms with Gasteiger partial charge in [0, 0.05) is 54.0 Å². The molecule has 0 aliphatic heterocycles. The molecule has 2 aromatic carbocycles. The number of aromatic nitrogens is 2. The average molecular weight is 467 g/mol. The molecule has 7 nitrogen and oxygen atoms in total. The number of amidine groups is 1. The highest BCUT2D eigenvalue weighted by molar-refractivity contribution is 7.71. The van der Waals surface area contributed by atoms with Crippen LogP contribution in [0.5, 0.6) is 0 Å². The Morgan fingerprint density at radius 1 is 1.15 bits per heavy atom. The molecular formula is C25H31N4O3P. The van der Waals surface area contributed by atoms with Gasteiger partial charge in [-0.3, -0.25) is 10.2 Å². The lowest BCUT2D eigenvalue weighted by Gasteiger charge is -2.17. The van der Waals surface area contributed by atoms with Crippen molar-refractivity contribution in [3.8, 4) is 22.6 Å². The number of imidazole rings is 1. The molecule has 0 fully saturated rings. The third kappa shape index (κ3) is 5.25. The highest BCUT2D eigenvalue weighted by atomic mass is 31.2. The van der Waals surface area contributed by atoms with E-state index in [4.69, 9.17) is 20.9 Å². The molecular weight excluding hydrogens is 435 g/mol.